The second kappa shape index (κ2) is 11.0. The fourth-order valence-corrected chi connectivity index (χ4v) is 6.46. The Labute approximate surface area is 224 Å². The molecule has 0 atom stereocenters. The summed E-state index contributed by atoms with van der Waals surface area (Å²) in [4.78, 5) is 32.5. The van der Waals surface area contributed by atoms with E-state index >= 15 is 0 Å². The van der Waals surface area contributed by atoms with Crippen LogP contribution in [0.4, 0.5) is 13.2 Å². The standard InChI is InChI=1S/C28H31F3N4O2S/c29-28(30,31)21-9-7-20(8-10-21)27(11-2-1-3-12-27)19-32-26(37)23-5-4-6-24-33-22(18-35(23)24)17-25(36)34-13-15-38-16-14-34/h4-10,18H,1-3,11-17,19H2,(H,32,37). The molecular formula is C28H31F3N4O2S. The third-order valence-corrected chi connectivity index (χ3v) is 8.64. The number of alkyl halides is 3. The Morgan fingerprint density at radius 1 is 1.00 bits per heavy atom. The van der Waals surface area contributed by atoms with Crippen LogP contribution in [-0.2, 0) is 22.8 Å². The van der Waals surface area contributed by atoms with Gasteiger partial charge in [-0.2, -0.15) is 24.9 Å². The fraction of sp³-hybridized carbons (Fsp3) is 0.464. The van der Waals surface area contributed by atoms with Gasteiger partial charge in [0.15, 0.2) is 0 Å². The summed E-state index contributed by atoms with van der Waals surface area (Å²) in [6, 6.07) is 10.6. The van der Waals surface area contributed by atoms with Crippen LogP contribution >= 0.6 is 11.8 Å². The average molecular weight is 545 g/mol. The molecule has 3 heterocycles. The first-order valence-electron chi connectivity index (χ1n) is 13.0. The molecule has 1 saturated heterocycles. The van der Waals surface area contributed by atoms with Crippen LogP contribution in [0.2, 0.25) is 0 Å². The zero-order valence-corrected chi connectivity index (χ0v) is 21.9. The minimum atomic E-state index is -4.38. The van der Waals surface area contributed by atoms with E-state index in [0.717, 1.165) is 74.4 Å². The monoisotopic (exact) mass is 544 g/mol. The Hall–Kier alpha value is -3.01. The number of fused-ring (bicyclic) bond motifs is 1. The van der Waals surface area contributed by atoms with E-state index in [-0.39, 0.29) is 18.2 Å². The second-order valence-corrected chi connectivity index (χ2v) is 11.4. The lowest BCUT2D eigenvalue weighted by molar-refractivity contribution is -0.137. The smallest absolute Gasteiger partial charge is 0.350 e. The molecule has 2 amide bonds. The molecule has 6 nitrogen and oxygen atoms in total. The van der Waals surface area contributed by atoms with Gasteiger partial charge in [0.1, 0.15) is 11.3 Å². The third-order valence-electron chi connectivity index (χ3n) is 7.69. The minimum Gasteiger partial charge on any atom is -0.350 e. The Morgan fingerprint density at radius 2 is 1.71 bits per heavy atom. The van der Waals surface area contributed by atoms with Gasteiger partial charge < -0.3 is 10.2 Å². The number of aromatic nitrogens is 2. The minimum absolute atomic E-state index is 0.0375. The maximum Gasteiger partial charge on any atom is 0.416 e. The van der Waals surface area contributed by atoms with Gasteiger partial charge in [-0.25, -0.2) is 4.98 Å². The topological polar surface area (TPSA) is 66.7 Å². The summed E-state index contributed by atoms with van der Waals surface area (Å²) in [5, 5.41) is 3.06. The van der Waals surface area contributed by atoms with Crippen molar-refractivity contribution in [1.29, 1.82) is 0 Å². The van der Waals surface area contributed by atoms with Gasteiger partial charge in [0.25, 0.3) is 5.91 Å². The first-order valence-corrected chi connectivity index (χ1v) is 14.2. The molecule has 0 unspecified atom stereocenters. The lowest BCUT2D eigenvalue weighted by atomic mass is 9.69. The molecule has 10 heteroatoms. The molecule has 38 heavy (non-hydrogen) atoms. The van der Waals surface area contributed by atoms with Crippen LogP contribution < -0.4 is 5.32 Å². The number of imidazole rings is 1. The molecule has 0 spiro atoms. The number of nitrogens with zero attached hydrogens (tertiary/aromatic N) is 3. The summed E-state index contributed by atoms with van der Waals surface area (Å²) in [6.45, 7) is 1.82. The Kier molecular flexibility index (Phi) is 7.70. The van der Waals surface area contributed by atoms with E-state index in [9.17, 15) is 22.8 Å². The van der Waals surface area contributed by atoms with Crippen molar-refractivity contribution in [3.8, 4) is 0 Å². The predicted molar refractivity (Wildman–Crippen MR) is 141 cm³/mol. The van der Waals surface area contributed by atoms with Crippen LogP contribution in [0.1, 0.15) is 59.4 Å². The van der Waals surface area contributed by atoms with Crippen LogP contribution in [0, 0.1) is 0 Å². The normalized spacial score (nSPS) is 17.9. The van der Waals surface area contributed by atoms with Gasteiger partial charge >= 0.3 is 6.18 Å². The number of nitrogens with one attached hydrogen (secondary N) is 1. The van der Waals surface area contributed by atoms with Gasteiger partial charge in [-0.1, -0.05) is 37.5 Å². The van der Waals surface area contributed by atoms with E-state index in [1.54, 1.807) is 40.9 Å². The summed E-state index contributed by atoms with van der Waals surface area (Å²) >= 11 is 1.84. The molecule has 2 fully saturated rings. The van der Waals surface area contributed by atoms with Crippen molar-refractivity contribution >= 4 is 29.2 Å². The van der Waals surface area contributed by atoms with Crippen molar-refractivity contribution in [2.45, 2.75) is 50.1 Å². The maximum absolute atomic E-state index is 13.4. The molecule has 0 bridgehead atoms. The van der Waals surface area contributed by atoms with Crippen molar-refractivity contribution in [1.82, 2.24) is 19.6 Å². The number of hydrogen-bond acceptors (Lipinski definition) is 4. The molecule has 1 N–H and O–H groups in total. The van der Waals surface area contributed by atoms with Gasteiger partial charge in [0.05, 0.1) is 17.7 Å². The number of amides is 2. The van der Waals surface area contributed by atoms with Crippen LogP contribution in [0.25, 0.3) is 5.65 Å². The number of carbonyl (C=O) groups excluding carboxylic acids is 2. The summed E-state index contributed by atoms with van der Waals surface area (Å²) in [5.41, 5.74) is 1.35. The third kappa shape index (κ3) is 5.70. The second-order valence-electron chi connectivity index (χ2n) is 10.1. The fourth-order valence-electron chi connectivity index (χ4n) is 5.56. The van der Waals surface area contributed by atoms with Crippen LogP contribution in [-0.4, -0.2) is 57.2 Å². The number of hydrogen-bond donors (Lipinski definition) is 1. The zero-order chi connectivity index (χ0) is 26.8. The van der Waals surface area contributed by atoms with Crippen molar-refractivity contribution < 1.29 is 22.8 Å². The first-order chi connectivity index (χ1) is 18.2. The molecule has 1 aromatic carbocycles. The van der Waals surface area contributed by atoms with Crippen molar-refractivity contribution in [3.05, 3.63) is 71.2 Å². The largest absolute Gasteiger partial charge is 0.416 e. The molecule has 5 rings (SSSR count). The number of carbonyl (C=O) groups is 2. The Balaban J connectivity index is 1.32. The highest BCUT2D eigenvalue weighted by atomic mass is 32.2. The number of pyridine rings is 1. The lowest BCUT2D eigenvalue weighted by Crippen LogP contribution is -2.42. The van der Waals surface area contributed by atoms with E-state index in [2.05, 4.69) is 10.3 Å². The van der Waals surface area contributed by atoms with Crippen molar-refractivity contribution in [2.24, 2.45) is 0 Å². The number of benzene rings is 1. The van der Waals surface area contributed by atoms with E-state index in [0.29, 0.717) is 23.6 Å². The van der Waals surface area contributed by atoms with Crippen LogP contribution in [0.5, 0.6) is 0 Å². The Bertz CT molecular complexity index is 1290. The highest BCUT2D eigenvalue weighted by molar-refractivity contribution is 7.99. The predicted octanol–water partition coefficient (Wildman–Crippen LogP) is 5.10. The van der Waals surface area contributed by atoms with Crippen molar-refractivity contribution in [2.75, 3.05) is 31.1 Å². The SMILES string of the molecule is O=C(NCC1(c2ccc(C(F)(F)F)cc2)CCCCC1)c1cccc2nc(CC(=O)N3CCSCC3)cn12. The summed E-state index contributed by atoms with van der Waals surface area (Å²) in [5.74, 6) is 1.64. The van der Waals surface area contributed by atoms with E-state index < -0.39 is 17.2 Å². The Morgan fingerprint density at radius 3 is 2.39 bits per heavy atom. The molecule has 3 aromatic rings. The van der Waals surface area contributed by atoms with Crippen LogP contribution in [0.3, 0.4) is 0 Å². The highest BCUT2D eigenvalue weighted by Gasteiger charge is 2.36. The molecule has 1 aliphatic heterocycles. The number of thioether (sulfide) groups is 1. The molecule has 202 valence electrons. The quantitative estimate of drug-likeness (QED) is 0.469. The van der Waals surface area contributed by atoms with E-state index in [1.165, 1.54) is 0 Å². The summed E-state index contributed by atoms with van der Waals surface area (Å²) in [6.07, 6.45) is 2.14. The number of rotatable bonds is 6. The lowest BCUT2D eigenvalue weighted by Gasteiger charge is -2.38. The molecular weight excluding hydrogens is 513 g/mol. The van der Waals surface area contributed by atoms with Crippen LogP contribution in [0.15, 0.2) is 48.7 Å². The number of halogens is 3. The van der Waals surface area contributed by atoms with Gasteiger partial charge in [0.2, 0.25) is 5.91 Å². The molecule has 2 aromatic heterocycles. The summed E-state index contributed by atoms with van der Waals surface area (Å²) < 4.78 is 41.0. The van der Waals surface area contributed by atoms with Gasteiger partial charge in [-0.05, 0) is 42.7 Å². The first kappa shape index (κ1) is 26.6. The summed E-state index contributed by atoms with van der Waals surface area (Å²) in [7, 11) is 0. The molecule has 0 radical (unpaired) electrons. The average Bonchev–Trinajstić information content (AvgIpc) is 3.35. The van der Waals surface area contributed by atoms with Crippen molar-refractivity contribution in [3.63, 3.8) is 0 Å². The maximum atomic E-state index is 13.4. The molecule has 1 saturated carbocycles. The van der Waals surface area contributed by atoms with Gasteiger partial charge in [-0.15, -0.1) is 0 Å². The van der Waals surface area contributed by atoms with E-state index in [1.807, 2.05) is 16.7 Å². The van der Waals surface area contributed by atoms with Gasteiger partial charge in [-0.3, -0.25) is 14.0 Å². The van der Waals surface area contributed by atoms with Gasteiger partial charge in [0, 0.05) is 42.8 Å². The zero-order valence-electron chi connectivity index (χ0n) is 21.1. The highest BCUT2D eigenvalue weighted by Crippen LogP contribution is 2.40. The molecule has 1 aliphatic carbocycles. The molecule has 2 aliphatic rings. The van der Waals surface area contributed by atoms with E-state index in [4.69, 9.17) is 0 Å².